The molecule has 0 aliphatic heterocycles. The van der Waals surface area contributed by atoms with Gasteiger partial charge in [0.1, 0.15) is 17.1 Å². The first-order valence-corrected chi connectivity index (χ1v) is 9.83. The van der Waals surface area contributed by atoms with Crippen LogP contribution in [0.25, 0.3) is 0 Å². The van der Waals surface area contributed by atoms with E-state index in [4.69, 9.17) is 0 Å². The van der Waals surface area contributed by atoms with E-state index in [0.717, 1.165) is 37.7 Å². The Labute approximate surface area is 162 Å². The summed E-state index contributed by atoms with van der Waals surface area (Å²) in [5, 5.41) is 31.5. The van der Waals surface area contributed by atoms with Crippen LogP contribution in [0.4, 0.5) is 0 Å². The molecular formula is C23H32O4. The van der Waals surface area contributed by atoms with Crippen molar-refractivity contribution >= 4 is 5.97 Å². The number of benzene rings is 1. The lowest BCUT2D eigenvalue weighted by Gasteiger charge is -2.32. The second-order valence-electron chi connectivity index (χ2n) is 8.00. The molecule has 0 saturated carbocycles. The van der Waals surface area contributed by atoms with Gasteiger partial charge in [-0.25, -0.2) is 4.79 Å². The Morgan fingerprint density at radius 2 is 2.04 bits per heavy atom. The van der Waals surface area contributed by atoms with Crippen LogP contribution in [-0.2, 0) is 0 Å². The van der Waals surface area contributed by atoms with Crippen molar-refractivity contribution in [1.82, 2.24) is 0 Å². The van der Waals surface area contributed by atoms with Crippen molar-refractivity contribution in [1.29, 1.82) is 0 Å². The van der Waals surface area contributed by atoms with Gasteiger partial charge in [0.25, 0.3) is 0 Å². The largest absolute Gasteiger partial charge is 0.507 e. The van der Waals surface area contributed by atoms with E-state index < -0.39 is 5.97 Å². The molecule has 4 heteroatoms. The first kappa shape index (κ1) is 21.1. The number of aromatic hydroxyl groups is 2. The van der Waals surface area contributed by atoms with Gasteiger partial charge in [-0.2, -0.15) is 0 Å². The summed E-state index contributed by atoms with van der Waals surface area (Å²) in [6.45, 7) is 12.1. The van der Waals surface area contributed by atoms with E-state index in [1.54, 1.807) is 6.07 Å². The molecule has 27 heavy (non-hydrogen) atoms. The molecule has 0 radical (unpaired) electrons. The first-order valence-electron chi connectivity index (χ1n) is 9.83. The summed E-state index contributed by atoms with van der Waals surface area (Å²) < 4.78 is 0. The zero-order chi connectivity index (χ0) is 20.3. The van der Waals surface area contributed by atoms with E-state index in [2.05, 4.69) is 13.5 Å². The zero-order valence-electron chi connectivity index (χ0n) is 16.9. The van der Waals surface area contributed by atoms with Gasteiger partial charge in [-0.3, -0.25) is 0 Å². The molecule has 0 bridgehead atoms. The Hall–Kier alpha value is -2.23. The van der Waals surface area contributed by atoms with Gasteiger partial charge in [-0.1, -0.05) is 50.5 Å². The molecule has 0 fully saturated rings. The van der Waals surface area contributed by atoms with Crippen LogP contribution in [0.15, 0.2) is 29.9 Å². The van der Waals surface area contributed by atoms with Crippen molar-refractivity contribution < 1.29 is 20.1 Å². The van der Waals surface area contributed by atoms with Crippen LogP contribution in [0.2, 0.25) is 0 Å². The highest BCUT2D eigenvalue weighted by atomic mass is 16.4. The molecule has 3 atom stereocenters. The number of phenolic OH excluding ortho intramolecular Hbond substituents is 1. The lowest BCUT2D eigenvalue weighted by atomic mass is 9.73. The fraction of sp³-hybridized carbons (Fsp3) is 0.522. The quantitative estimate of drug-likeness (QED) is 0.505. The third kappa shape index (κ3) is 4.37. The van der Waals surface area contributed by atoms with Gasteiger partial charge in [-0.05, 0) is 56.6 Å². The topological polar surface area (TPSA) is 77.8 Å². The molecule has 1 aliphatic carbocycles. The van der Waals surface area contributed by atoms with E-state index in [9.17, 15) is 20.1 Å². The minimum Gasteiger partial charge on any atom is -0.507 e. The van der Waals surface area contributed by atoms with Gasteiger partial charge in [-0.15, -0.1) is 0 Å². The highest BCUT2D eigenvalue weighted by Crippen LogP contribution is 2.49. The third-order valence-corrected chi connectivity index (χ3v) is 5.80. The van der Waals surface area contributed by atoms with Crippen molar-refractivity contribution in [2.75, 3.05) is 0 Å². The van der Waals surface area contributed by atoms with Gasteiger partial charge in [0, 0.05) is 11.5 Å². The monoisotopic (exact) mass is 372 g/mol. The van der Waals surface area contributed by atoms with E-state index in [1.165, 1.54) is 5.57 Å². The van der Waals surface area contributed by atoms with Crippen molar-refractivity contribution in [3.63, 3.8) is 0 Å². The molecule has 1 unspecified atom stereocenters. The maximum absolute atomic E-state index is 12.0. The Balaban J connectivity index is 2.64. The van der Waals surface area contributed by atoms with Gasteiger partial charge in [0.05, 0.1) is 0 Å². The average Bonchev–Trinajstić information content (AvgIpc) is 2.58. The van der Waals surface area contributed by atoms with Crippen molar-refractivity contribution in [2.45, 2.75) is 71.6 Å². The van der Waals surface area contributed by atoms with Crippen molar-refractivity contribution in [3.05, 3.63) is 46.6 Å². The van der Waals surface area contributed by atoms with E-state index in [-0.39, 0.29) is 34.8 Å². The number of hydrogen-bond acceptors (Lipinski definition) is 3. The van der Waals surface area contributed by atoms with Crippen LogP contribution in [0, 0.1) is 5.92 Å². The molecule has 0 aromatic heterocycles. The molecule has 3 N–H and O–H groups in total. The number of phenols is 2. The highest BCUT2D eigenvalue weighted by Gasteiger charge is 2.33. The van der Waals surface area contributed by atoms with Gasteiger partial charge in [0.2, 0.25) is 0 Å². The summed E-state index contributed by atoms with van der Waals surface area (Å²) in [5.41, 5.74) is 2.88. The molecule has 148 valence electrons. The molecule has 1 aromatic rings. The van der Waals surface area contributed by atoms with Crippen LogP contribution >= 0.6 is 0 Å². The number of carboxylic acid groups (broad SMARTS) is 1. The minimum absolute atomic E-state index is 0.0296. The maximum atomic E-state index is 12.0. The van der Waals surface area contributed by atoms with Crippen molar-refractivity contribution in [2.24, 2.45) is 5.92 Å². The van der Waals surface area contributed by atoms with E-state index >= 15 is 0 Å². The third-order valence-electron chi connectivity index (χ3n) is 5.80. The number of unbranched alkanes of at least 4 members (excludes halogenated alkanes) is 1. The number of rotatable bonds is 7. The predicted molar refractivity (Wildman–Crippen MR) is 109 cm³/mol. The van der Waals surface area contributed by atoms with E-state index in [0.29, 0.717) is 11.1 Å². The lowest BCUT2D eigenvalue weighted by Crippen LogP contribution is -2.18. The molecular weight excluding hydrogens is 340 g/mol. The summed E-state index contributed by atoms with van der Waals surface area (Å²) in [6.07, 6.45) is 6.63. The van der Waals surface area contributed by atoms with Crippen LogP contribution in [-0.4, -0.2) is 21.3 Å². The van der Waals surface area contributed by atoms with Crippen LogP contribution in [0.1, 0.15) is 93.1 Å². The Morgan fingerprint density at radius 3 is 2.59 bits per heavy atom. The normalized spacial score (nSPS) is 20.8. The van der Waals surface area contributed by atoms with Gasteiger partial charge in [0.15, 0.2) is 0 Å². The standard InChI is InChI=1S/C23H32O4/c1-6-7-8-15(5)17-12-19(24)20(22(25)21(17)23(26)27)18-11-14(4)9-10-16(18)13(2)3/h11-12,15-16,18,24-25H,2,6-10H2,1,3-5H3,(H,26,27)/t15?,16-,18+/m0/s1. The maximum Gasteiger partial charge on any atom is 0.339 e. The molecule has 4 nitrogen and oxygen atoms in total. The Morgan fingerprint density at radius 1 is 1.37 bits per heavy atom. The van der Waals surface area contributed by atoms with Crippen molar-refractivity contribution in [3.8, 4) is 11.5 Å². The second kappa shape index (κ2) is 8.64. The SMILES string of the molecule is C=C(C)[C@@H]1CCC(C)=C[C@H]1c1c(O)cc(C(C)CCCC)c(C(=O)O)c1O. The van der Waals surface area contributed by atoms with Gasteiger partial charge < -0.3 is 15.3 Å². The van der Waals surface area contributed by atoms with Crippen LogP contribution < -0.4 is 0 Å². The van der Waals surface area contributed by atoms with Gasteiger partial charge >= 0.3 is 5.97 Å². The minimum atomic E-state index is -1.16. The number of carbonyl (C=O) groups is 1. The smallest absolute Gasteiger partial charge is 0.339 e. The summed E-state index contributed by atoms with van der Waals surface area (Å²) >= 11 is 0. The molecule has 0 spiro atoms. The second-order valence-corrected chi connectivity index (χ2v) is 8.00. The highest BCUT2D eigenvalue weighted by molar-refractivity contribution is 5.94. The molecule has 1 aliphatic rings. The fourth-order valence-corrected chi connectivity index (χ4v) is 4.20. The first-order chi connectivity index (χ1) is 12.7. The van der Waals surface area contributed by atoms with E-state index in [1.807, 2.05) is 26.8 Å². The summed E-state index contributed by atoms with van der Waals surface area (Å²) in [6, 6.07) is 1.55. The number of allylic oxidation sites excluding steroid dienone is 3. The molecule has 0 saturated heterocycles. The summed E-state index contributed by atoms with van der Waals surface area (Å²) in [7, 11) is 0. The summed E-state index contributed by atoms with van der Waals surface area (Å²) in [5.74, 6) is -1.75. The zero-order valence-corrected chi connectivity index (χ0v) is 16.9. The van der Waals surface area contributed by atoms with Crippen LogP contribution in [0.3, 0.4) is 0 Å². The molecule has 1 aromatic carbocycles. The fourth-order valence-electron chi connectivity index (χ4n) is 4.20. The average molecular weight is 373 g/mol. The number of carboxylic acids is 1. The number of hydrogen-bond donors (Lipinski definition) is 3. The predicted octanol–water partition coefficient (Wildman–Crippen LogP) is 6.11. The summed E-state index contributed by atoms with van der Waals surface area (Å²) in [4.78, 5) is 12.0. The molecule has 2 rings (SSSR count). The molecule has 0 amide bonds. The lowest BCUT2D eigenvalue weighted by molar-refractivity contribution is 0.0691. The molecule has 0 heterocycles. The number of aromatic carboxylic acids is 1. The Kier molecular flexibility index (Phi) is 6.74. The van der Waals surface area contributed by atoms with Crippen LogP contribution in [0.5, 0.6) is 11.5 Å². The Bertz CT molecular complexity index is 760.